The molecular weight excluding hydrogens is 308 g/mol. The number of nitrogens with zero attached hydrogens (tertiary/aromatic N) is 3. The average molecular weight is 328 g/mol. The van der Waals surface area contributed by atoms with Crippen molar-refractivity contribution in [1.82, 2.24) is 19.9 Å². The zero-order valence-corrected chi connectivity index (χ0v) is 13.6. The first kappa shape index (κ1) is 15.1. The lowest BCUT2D eigenvalue weighted by molar-refractivity contribution is -0.136. The molecule has 2 aliphatic heterocycles. The monoisotopic (exact) mass is 328 g/mol. The molecule has 0 unspecified atom stereocenters. The molecule has 1 fully saturated rings. The maximum absolute atomic E-state index is 12.5. The van der Waals surface area contributed by atoms with Crippen LogP contribution in [0.15, 0.2) is 18.3 Å². The molecule has 2 aromatic heterocycles. The smallest absolute Gasteiger partial charge is 0.228 e. The summed E-state index contributed by atoms with van der Waals surface area (Å²) < 4.78 is 10.4. The van der Waals surface area contributed by atoms with Gasteiger partial charge in [-0.15, -0.1) is 0 Å². The second-order valence-electron chi connectivity index (χ2n) is 6.17. The Morgan fingerprint density at radius 1 is 1.46 bits per heavy atom. The Balaban J connectivity index is 1.51. The number of hydrogen-bond donors (Lipinski definition) is 1. The van der Waals surface area contributed by atoms with Crippen LogP contribution in [0.3, 0.4) is 0 Å². The quantitative estimate of drug-likeness (QED) is 0.921. The number of carbonyl (C=O) groups excluding carboxylic acids is 1. The van der Waals surface area contributed by atoms with Crippen molar-refractivity contribution in [2.75, 3.05) is 26.9 Å². The van der Waals surface area contributed by atoms with E-state index in [1.54, 1.807) is 13.3 Å². The third-order valence-electron chi connectivity index (χ3n) is 4.64. The van der Waals surface area contributed by atoms with Gasteiger partial charge < -0.3 is 19.4 Å². The van der Waals surface area contributed by atoms with E-state index >= 15 is 0 Å². The van der Waals surface area contributed by atoms with Crippen LogP contribution in [0.25, 0.3) is 11.4 Å². The topological polar surface area (TPSA) is 80.3 Å². The minimum Gasteiger partial charge on any atom is -0.481 e. The van der Waals surface area contributed by atoms with Crippen LogP contribution in [0.4, 0.5) is 0 Å². The van der Waals surface area contributed by atoms with Gasteiger partial charge in [0.1, 0.15) is 5.82 Å². The van der Waals surface area contributed by atoms with Gasteiger partial charge in [-0.25, -0.2) is 9.97 Å². The summed E-state index contributed by atoms with van der Waals surface area (Å²) in [4.78, 5) is 26.7. The number of nitrogens with one attached hydrogen (secondary N) is 1. The number of H-pyrrole nitrogens is 1. The molecule has 4 heterocycles. The van der Waals surface area contributed by atoms with E-state index in [-0.39, 0.29) is 11.8 Å². The van der Waals surface area contributed by atoms with E-state index in [0.29, 0.717) is 32.2 Å². The molecule has 0 bridgehead atoms. The Kier molecular flexibility index (Phi) is 3.93. The molecule has 1 saturated heterocycles. The summed E-state index contributed by atoms with van der Waals surface area (Å²) in [5.74, 6) is 1.57. The third kappa shape index (κ3) is 2.75. The normalized spacial score (nSPS) is 20.0. The molecule has 24 heavy (non-hydrogen) atoms. The molecule has 0 saturated carbocycles. The lowest BCUT2D eigenvalue weighted by Gasteiger charge is -2.28. The van der Waals surface area contributed by atoms with Crippen LogP contribution in [0.2, 0.25) is 0 Å². The molecule has 2 aromatic rings. The summed E-state index contributed by atoms with van der Waals surface area (Å²) in [6, 6.07) is 3.74. The van der Waals surface area contributed by atoms with Gasteiger partial charge in [-0.05, 0) is 12.5 Å². The maximum Gasteiger partial charge on any atom is 0.228 e. The van der Waals surface area contributed by atoms with Gasteiger partial charge in [0.15, 0.2) is 0 Å². The first-order valence-electron chi connectivity index (χ1n) is 8.19. The van der Waals surface area contributed by atoms with Gasteiger partial charge >= 0.3 is 0 Å². The molecule has 0 radical (unpaired) electrons. The Morgan fingerprint density at radius 2 is 2.38 bits per heavy atom. The van der Waals surface area contributed by atoms with Crippen molar-refractivity contribution in [3.63, 3.8) is 0 Å². The van der Waals surface area contributed by atoms with E-state index in [4.69, 9.17) is 9.47 Å². The van der Waals surface area contributed by atoms with Crippen LogP contribution in [-0.4, -0.2) is 52.6 Å². The highest BCUT2D eigenvalue weighted by atomic mass is 16.5. The van der Waals surface area contributed by atoms with Gasteiger partial charge in [0.25, 0.3) is 0 Å². The molecule has 7 heteroatoms. The molecule has 0 aromatic carbocycles. The molecule has 0 aliphatic carbocycles. The summed E-state index contributed by atoms with van der Waals surface area (Å²) in [5.41, 5.74) is 2.96. The zero-order valence-electron chi connectivity index (χ0n) is 13.6. The number of fused-ring (bicyclic) bond motifs is 1. The lowest BCUT2D eigenvalue weighted by atomic mass is 10.0. The Morgan fingerprint density at radius 3 is 3.08 bits per heavy atom. The number of aromatic amines is 1. The molecule has 126 valence electrons. The van der Waals surface area contributed by atoms with E-state index in [2.05, 4.69) is 15.0 Å². The highest BCUT2D eigenvalue weighted by Gasteiger charge is 2.31. The maximum atomic E-state index is 12.5. The van der Waals surface area contributed by atoms with Gasteiger partial charge in [-0.3, -0.25) is 4.79 Å². The summed E-state index contributed by atoms with van der Waals surface area (Å²) in [6.07, 6.45) is 3.34. The van der Waals surface area contributed by atoms with Crippen molar-refractivity contribution in [3.8, 4) is 17.3 Å². The number of methoxy groups -OCH3 is 1. The van der Waals surface area contributed by atoms with Crippen LogP contribution in [0.5, 0.6) is 5.88 Å². The predicted octanol–water partition coefficient (Wildman–Crippen LogP) is 1.40. The first-order valence-corrected chi connectivity index (χ1v) is 8.19. The number of ether oxygens (including phenoxy) is 2. The van der Waals surface area contributed by atoms with Crippen LogP contribution in [-0.2, 0) is 22.5 Å². The van der Waals surface area contributed by atoms with Crippen molar-refractivity contribution in [2.24, 2.45) is 5.92 Å². The SMILES string of the molecule is COc1ccc(-c2nc3c([nH]2)CN(C(=O)[C@H]2CCOC2)CC3)cn1. The van der Waals surface area contributed by atoms with Crippen molar-refractivity contribution >= 4 is 5.91 Å². The highest BCUT2D eigenvalue weighted by molar-refractivity contribution is 5.79. The Hall–Kier alpha value is -2.41. The number of rotatable bonds is 3. The summed E-state index contributed by atoms with van der Waals surface area (Å²) >= 11 is 0. The van der Waals surface area contributed by atoms with Crippen molar-refractivity contribution in [3.05, 3.63) is 29.7 Å². The number of hydrogen-bond acceptors (Lipinski definition) is 5. The zero-order chi connectivity index (χ0) is 16.5. The molecule has 1 amide bonds. The third-order valence-corrected chi connectivity index (χ3v) is 4.64. The molecule has 7 nitrogen and oxygen atoms in total. The highest BCUT2D eigenvalue weighted by Crippen LogP contribution is 2.25. The van der Waals surface area contributed by atoms with E-state index in [1.807, 2.05) is 17.0 Å². The number of amides is 1. The van der Waals surface area contributed by atoms with Gasteiger partial charge in [-0.1, -0.05) is 0 Å². The summed E-state index contributed by atoms with van der Waals surface area (Å²) in [7, 11) is 1.59. The molecular formula is C17H20N4O3. The van der Waals surface area contributed by atoms with Crippen LogP contribution in [0, 0.1) is 5.92 Å². The molecule has 2 aliphatic rings. The van der Waals surface area contributed by atoms with Crippen molar-refractivity contribution in [1.29, 1.82) is 0 Å². The minimum absolute atomic E-state index is 0.0136. The van der Waals surface area contributed by atoms with Crippen LogP contribution < -0.4 is 4.74 Å². The summed E-state index contributed by atoms with van der Waals surface area (Å²) in [5, 5.41) is 0. The van der Waals surface area contributed by atoms with Gasteiger partial charge in [0.05, 0.1) is 37.6 Å². The Bertz CT molecular complexity index is 735. The second kappa shape index (κ2) is 6.24. The van der Waals surface area contributed by atoms with E-state index < -0.39 is 0 Å². The lowest BCUT2D eigenvalue weighted by Crippen LogP contribution is -2.40. The predicted molar refractivity (Wildman–Crippen MR) is 86.4 cm³/mol. The van der Waals surface area contributed by atoms with Crippen molar-refractivity contribution < 1.29 is 14.3 Å². The fourth-order valence-corrected chi connectivity index (χ4v) is 3.25. The number of pyridine rings is 1. The van der Waals surface area contributed by atoms with E-state index in [9.17, 15) is 4.79 Å². The molecule has 4 rings (SSSR count). The minimum atomic E-state index is 0.0136. The van der Waals surface area contributed by atoms with Crippen LogP contribution in [0.1, 0.15) is 17.8 Å². The standard InChI is InChI=1S/C17H20N4O3/c1-23-15-3-2-11(8-18-15)16-19-13-4-6-21(9-14(13)20-16)17(22)12-5-7-24-10-12/h2-3,8,12H,4-7,9-10H2,1H3,(H,19,20)/t12-/m0/s1. The average Bonchev–Trinajstić information content (AvgIpc) is 3.30. The first-order chi connectivity index (χ1) is 11.7. The van der Waals surface area contributed by atoms with Crippen LogP contribution >= 0.6 is 0 Å². The number of aromatic nitrogens is 3. The molecule has 1 atom stereocenters. The van der Waals surface area contributed by atoms with Gasteiger partial charge in [-0.2, -0.15) is 0 Å². The fraction of sp³-hybridized carbons (Fsp3) is 0.471. The van der Waals surface area contributed by atoms with E-state index in [0.717, 1.165) is 35.6 Å². The number of carbonyl (C=O) groups is 1. The molecule has 1 N–H and O–H groups in total. The Labute approximate surface area is 140 Å². The van der Waals surface area contributed by atoms with Gasteiger partial charge in [0.2, 0.25) is 11.8 Å². The molecule has 0 spiro atoms. The largest absolute Gasteiger partial charge is 0.481 e. The fourth-order valence-electron chi connectivity index (χ4n) is 3.25. The number of imidazole rings is 1. The van der Waals surface area contributed by atoms with Gasteiger partial charge in [0, 0.05) is 37.4 Å². The second-order valence-corrected chi connectivity index (χ2v) is 6.17. The van der Waals surface area contributed by atoms with E-state index in [1.165, 1.54) is 0 Å². The summed E-state index contributed by atoms with van der Waals surface area (Å²) in [6.45, 7) is 2.54. The van der Waals surface area contributed by atoms with Crippen molar-refractivity contribution in [2.45, 2.75) is 19.4 Å².